The summed E-state index contributed by atoms with van der Waals surface area (Å²) in [5.41, 5.74) is 0.0328. The zero-order chi connectivity index (χ0) is 13.7. The Balaban J connectivity index is 1.65. The smallest absolute Gasteiger partial charge is 0.315 e. The number of nitrogens with one attached hydrogen (secondary N) is 1. The highest BCUT2D eigenvalue weighted by Crippen LogP contribution is 2.41. The molecule has 3 nitrogen and oxygen atoms in total. The Morgan fingerprint density at radius 2 is 2.00 bits per heavy atom. The second kappa shape index (κ2) is 4.36. The largest absolute Gasteiger partial charge is 0.433 e. The summed E-state index contributed by atoms with van der Waals surface area (Å²) in [7, 11) is 0. The first-order chi connectivity index (χ1) is 8.88. The van der Waals surface area contributed by atoms with Crippen molar-refractivity contribution in [1.29, 1.82) is 0 Å². The van der Waals surface area contributed by atoms with Crippen molar-refractivity contribution in [2.24, 2.45) is 5.41 Å². The fourth-order valence-corrected chi connectivity index (χ4v) is 3.67. The molecule has 0 atom stereocenters. The lowest BCUT2D eigenvalue weighted by Gasteiger charge is -2.55. The van der Waals surface area contributed by atoms with Crippen LogP contribution in [0.25, 0.3) is 0 Å². The van der Waals surface area contributed by atoms with Crippen molar-refractivity contribution in [1.82, 2.24) is 14.6 Å². The molecule has 1 N–H and O–H groups in total. The Hall–Kier alpha value is -0.790. The molecule has 19 heavy (non-hydrogen) atoms. The van der Waals surface area contributed by atoms with E-state index in [0.29, 0.717) is 11.1 Å². The van der Waals surface area contributed by atoms with Crippen molar-refractivity contribution in [3.05, 3.63) is 23.5 Å². The predicted molar refractivity (Wildman–Crippen MR) is 66.7 cm³/mol. The second-order valence-corrected chi connectivity index (χ2v) is 6.41. The number of aryl methyl sites for hydroxylation is 1. The molecular weight excluding hydrogens is 275 g/mol. The summed E-state index contributed by atoms with van der Waals surface area (Å²) >= 11 is 1.50. The molecule has 3 heterocycles. The van der Waals surface area contributed by atoms with Crippen LogP contribution in [0.1, 0.15) is 11.4 Å². The van der Waals surface area contributed by atoms with E-state index in [9.17, 15) is 13.2 Å². The fraction of sp³-hybridized carbons (Fsp3) is 0.583. The van der Waals surface area contributed by atoms with Gasteiger partial charge in [-0.1, -0.05) is 0 Å². The Morgan fingerprint density at radius 3 is 2.47 bits per heavy atom. The van der Waals surface area contributed by atoms with Crippen molar-refractivity contribution >= 4 is 11.9 Å². The van der Waals surface area contributed by atoms with E-state index in [0.717, 1.165) is 37.1 Å². The zero-order valence-electron chi connectivity index (χ0n) is 10.4. The van der Waals surface area contributed by atoms with Crippen molar-refractivity contribution in [3.8, 4) is 0 Å². The molecule has 0 saturated carbocycles. The molecule has 104 valence electrons. The van der Waals surface area contributed by atoms with Gasteiger partial charge in [-0.15, -0.1) is 0 Å². The van der Waals surface area contributed by atoms with E-state index in [2.05, 4.69) is 14.6 Å². The lowest BCUT2D eigenvalue weighted by Crippen LogP contribution is -2.69. The SMILES string of the molecule is Cc1nc(C(F)(F)F)ccc1SN1CC2(CNC2)C1. The molecule has 2 saturated heterocycles. The summed E-state index contributed by atoms with van der Waals surface area (Å²) in [6.07, 6.45) is -4.37. The van der Waals surface area contributed by atoms with Gasteiger partial charge in [-0.25, -0.2) is 9.29 Å². The van der Waals surface area contributed by atoms with Gasteiger partial charge in [0.15, 0.2) is 0 Å². The van der Waals surface area contributed by atoms with E-state index in [1.54, 1.807) is 6.92 Å². The Morgan fingerprint density at radius 1 is 1.32 bits per heavy atom. The third kappa shape index (κ3) is 2.46. The third-order valence-corrected chi connectivity index (χ3v) is 4.72. The number of halogens is 3. The Labute approximate surface area is 113 Å². The summed E-state index contributed by atoms with van der Waals surface area (Å²) in [6, 6.07) is 2.57. The first kappa shape index (κ1) is 13.2. The van der Waals surface area contributed by atoms with Gasteiger partial charge in [-0.05, 0) is 31.0 Å². The van der Waals surface area contributed by atoms with E-state index in [-0.39, 0.29) is 0 Å². The number of rotatable bonds is 2. The standard InChI is InChI=1S/C12H14F3N3S/c1-8-9(2-3-10(17-8)12(13,14)15)19-18-6-11(7-18)4-16-5-11/h2-3,16H,4-7H2,1H3. The Bertz CT molecular complexity index is 491. The molecule has 3 rings (SSSR count). The maximum Gasteiger partial charge on any atom is 0.433 e. The van der Waals surface area contributed by atoms with Crippen LogP contribution in [0.5, 0.6) is 0 Å². The van der Waals surface area contributed by atoms with Gasteiger partial charge in [-0.2, -0.15) is 13.2 Å². The van der Waals surface area contributed by atoms with Crippen LogP contribution in [0.15, 0.2) is 17.0 Å². The molecule has 0 aliphatic carbocycles. The van der Waals surface area contributed by atoms with Crippen LogP contribution in [0.4, 0.5) is 13.2 Å². The van der Waals surface area contributed by atoms with Gasteiger partial charge in [0.2, 0.25) is 0 Å². The molecule has 1 aromatic heterocycles. The van der Waals surface area contributed by atoms with Crippen LogP contribution >= 0.6 is 11.9 Å². The third-order valence-electron chi connectivity index (χ3n) is 3.58. The van der Waals surface area contributed by atoms with Crippen molar-refractivity contribution in [2.45, 2.75) is 18.0 Å². The molecule has 0 bridgehead atoms. The number of nitrogens with zero attached hydrogens (tertiary/aromatic N) is 2. The number of hydrogen-bond acceptors (Lipinski definition) is 4. The number of pyridine rings is 1. The minimum atomic E-state index is -4.37. The van der Waals surface area contributed by atoms with Gasteiger partial charge in [0.25, 0.3) is 0 Å². The molecule has 0 aromatic carbocycles. The lowest BCUT2D eigenvalue weighted by atomic mass is 9.76. The van der Waals surface area contributed by atoms with Gasteiger partial charge in [0.1, 0.15) is 5.69 Å². The topological polar surface area (TPSA) is 28.2 Å². The van der Waals surface area contributed by atoms with Crippen molar-refractivity contribution in [3.63, 3.8) is 0 Å². The highest BCUT2D eigenvalue weighted by atomic mass is 32.2. The predicted octanol–water partition coefficient (Wildman–Crippen LogP) is 2.32. The van der Waals surface area contributed by atoms with Crippen molar-refractivity contribution in [2.75, 3.05) is 26.2 Å². The van der Waals surface area contributed by atoms with Crippen LogP contribution in [0.3, 0.4) is 0 Å². The highest BCUT2D eigenvalue weighted by molar-refractivity contribution is 7.97. The second-order valence-electron chi connectivity index (χ2n) is 5.27. The quantitative estimate of drug-likeness (QED) is 0.846. The maximum atomic E-state index is 12.5. The molecule has 2 aliphatic heterocycles. The molecule has 0 unspecified atom stereocenters. The normalized spacial score (nSPS) is 22.1. The summed E-state index contributed by atoms with van der Waals surface area (Å²) in [5, 5.41) is 3.25. The van der Waals surface area contributed by atoms with Crippen LogP contribution in [-0.2, 0) is 6.18 Å². The highest BCUT2D eigenvalue weighted by Gasteiger charge is 2.48. The maximum absolute atomic E-state index is 12.5. The average Bonchev–Trinajstić information content (AvgIpc) is 2.20. The molecule has 7 heteroatoms. The molecule has 1 spiro atoms. The molecule has 2 fully saturated rings. The average molecular weight is 289 g/mol. The molecular formula is C12H14F3N3S. The molecule has 0 radical (unpaired) electrons. The molecule has 0 amide bonds. The molecule has 1 aromatic rings. The number of aromatic nitrogens is 1. The van der Waals surface area contributed by atoms with Gasteiger partial charge in [-0.3, -0.25) is 0 Å². The monoisotopic (exact) mass is 289 g/mol. The van der Waals surface area contributed by atoms with E-state index >= 15 is 0 Å². The van der Waals surface area contributed by atoms with E-state index in [1.807, 2.05) is 0 Å². The summed E-state index contributed by atoms with van der Waals surface area (Å²) in [6.45, 7) is 5.71. The van der Waals surface area contributed by atoms with Crippen LogP contribution < -0.4 is 5.32 Å². The van der Waals surface area contributed by atoms with E-state index in [4.69, 9.17) is 0 Å². The van der Waals surface area contributed by atoms with Crippen molar-refractivity contribution < 1.29 is 13.2 Å². The Kier molecular flexibility index (Phi) is 3.03. The van der Waals surface area contributed by atoms with Gasteiger partial charge >= 0.3 is 6.18 Å². The van der Waals surface area contributed by atoms with Gasteiger partial charge in [0, 0.05) is 36.5 Å². The van der Waals surface area contributed by atoms with E-state index < -0.39 is 11.9 Å². The zero-order valence-corrected chi connectivity index (χ0v) is 11.2. The number of alkyl halides is 3. The minimum Gasteiger partial charge on any atom is -0.315 e. The first-order valence-electron chi connectivity index (χ1n) is 6.07. The minimum absolute atomic E-state index is 0.417. The van der Waals surface area contributed by atoms with Gasteiger partial charge in [0.05, 0.1) is 5.69 Å². The molecule has 2 aliphatic rings. The summed E-state index contributed by atoms with van der Waals surface area (Å²) < 4.78 is 39.7. The van der Waals surface area contributed by atoms with Gasteiger partial charge < -0.3 is 5.32 Å². The van der Waals surface area contributed by atoms with Crippen LogP contribution in [0.2, 0.25) is 0 Å². The fourth-order valence-electron chi connectivity index (χ4n) is 2.41. The lowest BCUT2D eigenvalue weighted by molar-refractivity contribution is -0.141. The van der Waals surface area contributed by atoms with Crippen LogP contribution in [0, 0.1) is 12.3 Å². The summed E-state index contributed by atoms with van der Waals surface area (Å²) in [5.74, 6) is 0. The first-order valence-corrected chi connectivity index (χ1v) is 6.84. The van der Waals surface area contributed by atoms with Crippen LogP contribution in [-0.4, -0.2) is 35.5 Å². The number of hydrogen-bond donors (Lipinski definition) is 1. The summed E-state index contributed by atoms with van der Waals surface area (Å²) in [4.78, 5) is 4.44. The van der Waals surface area contributed by atoms with E-state index in [1.165, 1.54) is 18.0 Å².